The van der Waals surface area contributed by atoms with Crippen LogP contribution in [0, 0.1) is 12.3 Å². The highest BCUT2D eigenvalue weighted by molar-refractivity contribution is 9.10. The topological polar surface area (TPSA) is 46.9 Å². The van der Waals surface area contributed by atoms with Gasteiger partial charge < -0.3 is 5.32 Å². The number of thioether (sulfide) groups is 1. The lowest BCUT2D eigenvalue weighted by atomic mass is 10.4. The summed E-state index contributed by atoms with van der Waals surface area (Å²) in [4.78, 5) is 11.8. The van der Waals surface area contributed by atoms with E-state index in [0.717, 1.165) is 12.3 Å². The monoisotopic (exact) mass is 327 g/mol. The number of rotatable bonds is 7. The molecule has 0 fully saturated rings. The second kappa shape index (κ2) is 8.01. The number of anilines is 1. The van der Waals surface area contributed by atoms with Crippen molar-refractivity contribution in [3.63, 3.8) is 0 Å². The fraction of sp³-hybridized carbons (Fsp3) is 0.333. The first-order valence-corrected chi connectivity index (χ1v) is 7.27. The molecule has 1 rings (SSSR count). The number of terminal acetylenes is 1. The van der Waals surface area contributed by atoms with Crippen LogP contribution >= 0.6 is 27.7 Å². The summed E-state index contributed by atoms with van der Waals surface area (Å²) in [6.45, 7) is 4.71. The summed E-state index contributed by atoms with van der Waals surface area (Å²) < 4.78 is 1.83. The van der Waals surface area contributed by atoms with E-state index in [1.165, 1.54) is 4.68 Å². The van der Waals surface area contributed by atoms with Crippen molar-refractivity contribution in [1.29, 1.82) is 0 Å². The third kappa shape index (κ3) is 4.24. The van der Waals surface area contributed by atoms with Crippen molar-refractivity contribution in [2.45, 2.75) is 6.54 Å². The minimum Gasteiger partial charge on any atom is -0.382 e. The number of hydrogen-bond donors (Lipinski definition) is 1. The smallest absolute Gasteiger partial charge is 0.283 e. The molecule has 0 spiro atoms. The molecule has 0 saturated heterocycles. The van der Waals surface area contributed by atoms with Crippen LogP contribution in [0.4, 0.5) is 5.69 Å². The van der Waals surface area contributed by atoms with Gasteiger partial charge in [0.1, 0.15) is 4.47 Å². The van der Waals surface area contributed by atoms with Crippen molar-refractivity contribution in [2.24, 2.45) is 0 Å². The zero-order valence-electron chi connectivity index (χ0n) is 9.86. The molecular weight excluding hydrogens is 314 g/mol. The summed E-state index contributed by atoms with van der Waals surface area (Å²) in [6, 6.07) is 0. The van der Waals surface area contributed by atoms with Gasteiger partial charge in [0.2, 0.25) is 0 Å². The van der Waals surface area contributed by atoms with Crippen LogP contribution in [0.1, 0.15) is 0 Å². The van der Waals surface area contributed by atoms with E-state index in [0.29, 0.717) is 22.5 Å². The highest BCUT2D eigenvalue weighted by atomic mass is 79.9. The number of nitrogens with one attached hydrogen (secondary N) is 1. The van der Waals surface area contributed by atoms with Crippen LogP contribution in [0.3, 0.4) is 0 Å². The van der Waals surface area contributed by atoms with Crippen molar-refractivity contribution in [3.05, 3.63) is 33.7 Å². The Morgan fingerprint density at radius 2 is 2.50 bits per heavy atom. The van der Waals surface area contributed by atoms with Crippen LogP contribution in [0.5, 0.6) is 0 Å². The molecule has 0 aliphatic carbocycles. The van der Waals surface area contributed by atoms with E-state index in [2.05, 4.69) is 38.8 Å². The molecule has 0 aliphatic heterocycles. The minimum atomic E-state index is -0.170. The average Bonchev–Trinajstić information content (AvgIpc) is 2.37. The molecule has 18 heavy (non-hydrogen) atoms. The average molecular weight is 328 g/mol. The molecule has 0 saturated carbocycles. The molecule has 0 aromatic carbocycles. The van der Waals surface area contributed by atoms with E-state index in [9.17, 15) is 4.79 Å². The summed E-state index contributed by atoms with van der Waals surface area (Å²) >= 11 is 4.94. The van der Waals surface area contributed by atoms with Crippen LogP contribution in [0.2, 0.25) is 0 Å². The predicted molar refractivity (Wildman–Crippen MR) is 81.0 cm³/mol. The van der Waals surface area contributed by atoms with Crippen molar-refractivity contribution in [2.75, 3.05) is 23.4 Å². The maximum Gasteiger partial charge on any atom is 0.283 e. The summed E-state index contributed by atoms with van der Waals surface area (Å²) in [6.07, 6.45) is 8.41. The number of allylic oxidation sites excluding steroid dienone is 1. The Balaban J connectivity index is 2.62. The van der Waals surface area contributed by atoms with Crippen LogP contribution < -0.4 is 10.9 Å². The van der Waals surface area contributed by atoms with Crippen LogP contribution in [0.15, 0.2) is 28.1 Å². The van der Waals surface area contributed by atoms with Gasteiger partial charge in [0.25, 0.3) is 5.56 Å². The molecule has 0 bridgehead atoms. The van der Waals surface area contributed by atoms with Crippen molar-refractivity contribution >= 4 is 33.4 Å². The van der Waals surface area contributed by atoms with Crippen LogP contribution in [-0.2, 0) is 6.54 Å². The Labute approximate surface area is 119 Å². The molecule has 0 radical (unpaired) electrons. The van der Waals surface area contributed by atoms with Crippen LogP contribution in [0.25, 0.3) is 0 Å². The summed E-state index contributed by atoms with van der Waals surface area (Å²) in [5.41, 5.74) is 0.526. The molecule has 0 amide bonds. The molecular formula is C12H14BrN3OS. The second-order valence-electron chi connectivity index (χ2n) is 3.33. The summed E-state index contributed by atoms with van der Waals surface area (Å²) in [5, 5.41) is 7.19. The van der Waals surface area contributed by atoms with E-state index >= 15 is 0 Å². The zero-order chi connectivity index (χ0) is 13.4. The van der Waals surface area contributed by atoms with E-state index in [1.807, 2.05) is 0 Å². The molecule has 96 valence electrons. The Hall–Kier alpha value is -1.19. The van der Waals surface area contributed by atoms with Gasteiger partial charge in [-0.1, -0.05) is 12.0 Å². The maximum atomic E-state index is 11.8. The standard InChI is InChI=1S/C12H14BrN3OS/c1-3-6-16-12(17)11(13)10(9-15-16)14-5-8-18-7-4-2/h2-3,9,14H,1,5-8H2. The molecule has 1 aromatic heterocycles. The van der Waals surface area contributed by atoms with Gasteiger partial charge in [-0.25, -0.2) is 4.68 Å². The first kappa shape index (κ1) is 14.9. The first-order valence-electron chi connectivity index (χ1n) is 5.32. The largest absolute Gasteiger partial charge is 0.382 e. The first-order chi connectivity index (χ1) is 8.70. The molecule has 0 atom stereocenters. The highest BCUT2D eigenvalue weighted by Gasteiger charge is 2.07. The van der Waals surface area contributed by atoms with Gasteiger partial charge >= 0.3 is 0 Å². The van der Waals surface area contributed by atoms with Crippen molar-refractivity contribution in [3.8, 4) is 12.3 Å². The molecule has 1 aromatic rings. The highest BCUT2D eigenvalue weighted by Crippen LogP contribution is 2.16. The van der Waals surface area contributed by atoms with Gasteiger partial charge in [0, 0.05) is 12.3 Å². The molecule has 0 unspecified atom stereocenters. The van der Waals surface area contributed by atoms with Gasteiger partial charge in [0.05, 0.1) is 24.2 Å². The van der Waals surface area contributed by atoms with Crippen molar-refractivity contribution in [1.82, 2.24) is 9.78 Å². The van der Waals surface area contributed by atoms with Gasteiger partial charge in [-0.05, 0) is 15.9 Å². The molecule has 6 heteroatoms. The van der Waals surface area contributed by atoms with Gasteiger partial charge in [-0.2, -0.15) is 5.10 Å². The van der Waals surface area contributed by atoms with Crippen molar-refractivity contribution < 1.29 is 0 Å². The molecule has 1 N–H and O–H groups in total. The fourth-order valence-corrected chi connectivity index (χ4v) is 2.19. The second-order valence-corrected chi connectivity index (χ2v) is 5.23. The van der Waals surface area contributed by atoms with Gasteiger partial charge in [0.15, 0.2) is 0 Å². The molecule has 0 aliphatic rings. The number of halogens is 1. The molecule has 4 nitrogen and oxygen atoms in total. The number of hydrogen-bond acceptors (Lipinski definition) is 4. The van der Waals surface area contributed by atoms with E-state index < -0.39 is 0 Å². The third-order valence-electron chi connectivity index (χ3n) is 2.03. The summed E-state index contributed by atoms with van der Waals surface area (Å²) in [7, 11) is 0. The lowest BCUT2D eigenvalue weighted by Gasteiger charge is -2.09. The lowest BCUT2D eigenvalue weighted by molar-refractivity contribution is 0.649. The van der Waals surface area contributed by atoms with Gasteiger partial charge in [-0.15, -0.1) is 24.8 Å². The normalized spacial score (nSPS) is 9.78. The Morgan fingerprint density at radius 1 is 1.72 bits per heavy atom. The van der Waals surface area contributed by atoms with E-state index in [1.54, 1.807) is 24.0 Å². The third-order valence-corrected chi connectivity index (χ3v) is 3.66. The van der Waals surface area contributed by atoms with E-state index in [4.69, 9.17) is 6.42 Å². The number of aromatic nitrogens is 2. The zero-order valence-corrected chi connectivity index (χ0v) is 12.3. The van der Waals surface area contributed by atoms with E-state index in [-0.39, 0.29) is 5.56 Å². The Bertz CT molecular complexity index is 507. The number of nitrogens with zero attached hydrogens (tertiary/aromatic N) is 2. The summed E-state index contributed by atoms with van der Waals surface area (Å²) in [5.74, 6) is 4.14. The SMILES string of the molecule is C#CCSCCNc1cnn(CC=C)c(=O)c1Br. The Kier molecular flexibility index (Phi) is 6.61. The fourth-order valence-electron chi connectivity index (χ4n) is 1.23. The molecule has 1 heterocycles. The predicted octanol–water partition coefficient (Wildman–Crippen LogP) is 1.97. The maximum absolute atomic E-state index is 11.8. The Morgan fingerprint density at radius 3 is 3.17 bits per heavy atom. The quantitative estimate of drug-likeness (QED) is 0.472. The van der Waals surface area contributed by atoms with Gasteiger partial charge in [-0.3, -0.25) is 4.79 Å². The minimum absolute atomic E-state index is 0.170. The lowest BCUT2D eigenvalue weighted by Crippen LogP contribution is -2.24. The van der Waals surface area contributed by atoms with Crippen LogP contribution in [-0.4, -0.2) is 27.8 Å².